The molecule has 0 aliphatic carbocycles. The van der Waals surface area contributed by atoms with Crippen LogP contribution in [0.15, 0.2) is 18.2 Å². The Balaban J connectivity index is 0.000000153. The minimum Gasteiger partial charge on any atom is -0.469 e. The van der Waals surface area contributed by atoms with Crippen molar-refractivity contribution in [3.8, 4) is 11.5 Å². The number of halogens is 1. The standard InChI is InChI=1S/C6H3ClO.C5H10O2/c7-4-1-2-5-6(3-4)8-5;1-4(2)5(6)7-3/h1-3H;4H,1-3H3. The SMILES string of the molecule is COC(=O)C(C)C.Clc1ccc2c(c1)O2. The minimum absolute atomic E-state index is 0.00463. The molecule has 0 amide bonds. The molecule has 0 fully saturated rings. The summed E-state index contributed by atoms with van der Waals surface area (Å²) < 4.78 is 9.31. The topological polar surface area (TPSA) is 38.8 Å². The first-order valence-corrected chi connectivity index (χ1v) is 4.97. The molecule has 4 heteroatoms. The lowest BCUT2D eigenvalue weighted by Crippen LogP contribution is -2.07. The number of hydrogen-bond acceptors (Lipinski definition) is 3. The van der Waals surface area contributed by atoms with Crippen LogP contribution in [0.25, 0.3) is 0 Å². The summed E-state index contributed by atoms with van der Waals surface area (Å²) in [4.78, 5) is 10.3. The molecule has 0 N–H and O–H groups in total. The van der Waals surface area contributed by atoms with Crippen LogP contribution in [-0.2, 0) is 9.53 Å². The molecule has 1 aliphatic rings. The van der Waals surface area contributed by atoms with E-state index in [1.54, 1.807) is 19.9 Å². The lowest BCUT2D eigenvalue weighted by molar-refractivity contribution is -0.144. The molecule has 15 heavy (non-hydrogen) atoms. The second-order valence-electron chi connectivity index (χ2n) is 3.37. The van der Waals surface area contributed by atoms with Crippen LogP contribution in [0.2, 0.25) is 5.02 Å². The molecule has 0 saturated heterocycles. The average molecular weight is 229 g/mol. The van der Waals surface area contributed by atoms with Gasteiger partial charge in [0.2, 0.25) is 0 Å². The number of fused-ring (bicyclic) bond motifs is 1. The van der Waals surface area contributed by atoms with E-state index in [2.05, 4.69) is 4.74 Å². The van der Waals surface area contributed by atoms with Crippen molar-refractivity contribution in [2.45, 2.75) is 13.8 Å². The van der Waals surface area contributed by atoms with E-state index in [0.717, 1.165) is 16.5 Å². The van der Waals surface area contributed by atoms with Crippen molar-refractivity contribution in [2.75, 3.05) is 7.11 Å². The third-order valence-corrected chi connectivity index (χ3v) is 1.99. The Bertz CT molecular complexity index is 360. The summed E-state index contributed by atoms with van der Waals surface area (Å²) in [5.41, 5.74) is 0. The molecule has 1 aromatic rings. The highest BCUT2D eigenvalue weighted by Crippen LogP contribution is 2.45. The van der Waals surface area contributed by atoms with E-state index < -0.39 is 0 Å². The number of carbonyl (C=O) groups is 1. The molecule has 2 rings (SSSR count). The second-order valence-corrected chi connectivity index (χ2v) is 3.81. The smallest absolute Gasteiger partial charge is 0.308 e. The van der Waals surface area contributed by atoms with Crippen molar-refractivity contribution in [1.82, 2.24) is 0 Å². The fourth-order valence-corrected chi connectivity index (χ4v) is 1.04. The molecule has 82 valence electrons. The quantitative estimate of drug-likeness (QED) is 0.556. The van der Waals surface area contributed by atoms with E-state index in [1.165, 1.54) is 7.11 Å². The summed E-state index contributed by atoms with van der Waals surface area (Å²) in [5, 5.41) is 0.737. The first kappa shape index (κ1) is 11.9. The molecule has 0 saturated carbocycles. The van der Waals surface area contributed by atoms with E-state index in [0.29, 0.717) is 0 Å². The largest absolute Gasteiger partial charge is 0.469 e. The maximum Gasteiger partial charge on any atom is 0.308 e. The van der Waals surface area contributed by atoms with Gasteiger partial charge in [0.15, 0.2) is 11.5 Å². The van der Waals surface area contributed by atoms with Gasteiger partial charge in [0.05, 0.1) is 13.0 Å². The molecular weight excluding hydrogens is 216 g/mol. The van der Waals surface area contributed by atoms with Gasteiger partial charge in [0.25, 0.3) is 0 Å². The summed E-state index contributed by atoms with van der Waals surface area (Å²) in [6.45, 7) is 3.59. The van der Waals surface area contributed by atoms with E-state index in [4.69, 9.17) is 16.3 Å². The van der Waals surface area contributed by atoms with Gasteiger partial charge in [-0.15, -0.1) is 0 Å². The minimum atomic E-state index is -0.153. The lowest BCUT2D eigenvalue weighted by atomic mass is 10.2. The highest BCUT2D eigenvalue weighted by Gasteiger charge is 2.18. The highest BCUT2D eigenvalue weighted by molar-refractivity contribution is 6.30. The van der Waals surface area contributed by atoms with E-state index in [1.807, 2.05) is 12.1 Å². The van der Waals surface area contributed by atoms with Gasteiger partial charge in [0.1, 0.15) is 0 Å². The first-order valence-electron chi connectivity index (χ1n) is 4.60. The Kier molecular flexibility index (Phi) is 3.97. The molecule has 1 heterocycles. The van der Waals surface area contributed by atoms with Crippen LogP contribution >= 0.6 is 11.6 Å². The molecule has 0 bridgehead atoms. The molecule has 0 atom stereocenters. The van der Waals surface area contributed by atoms with E-state index >= 15 is 0 Å². The van der Waals surface area contributed by atoms with Crippen LogP contribution in [0, 0.1) is 5.92 Å². The predicted molar refractivity (Wildman–Crippen MR) is 58.4 cm³/mol. The normalized spacial score (nSPS) is 10.7. The van der Waals surface area contributed by atoms with E-state index in [-0.39, 0.29) is 11.9 Å². The highest BCUT2D eigenvalue weighted by atomic mass is 35.5. The fraction of sp³-hybridized carbons (Fsp3) is 0.364. The second kappa shape index (κ2) is 5.03. The van der Waals surface area contributed by atoms with Crippen molar-refractivity contribution in [3.05, 3.63) is 23.2 Å². The van der Waals surface area contributed by atoms with Crippen molar-refractivity contribution in [3.63, 3.8) is 0 Å². The third-order valence-electron chi connectivity index (χ3n) is 1.76. The van der Waals surface area contributed by atoms with Gasteiger partial charge in [-0.2, -0.15) is 0 Å². The molecule has 0 spiro atoms. The molecule has 3 nitrogen and oxygen atoms in total. The monoisotopic (exact) mass is 228 g/mol. The van der Waals surface area contributed by atoms with Crippen molar-refractivity contribution >= 4 is 17.6 Å². The van der Waals surface area contributed by atoms with Crippen LogP contribution in [-0.4, -0.2) is 13.1 Å². The Morgan fingerprint density at radius 1 is 1.40 bits per heavy atom. The molecule has 0 aromatic heterocycles. The van der Waals surface area contributed by atoms with Gasteiger partial charge >= 0.3 is 5.97 Å². The number of hydrogen-bond donors (Lipinski definition) is 0. The summed E-state index contributed by atoms with van der Waals surface area (Å²) in [7, 11) is 1.39. The number of ether oxygens (including phenoxy) is 2. The van der Waals surface area contributed by atoms with Crippen LogP contribution < -0.4 is 4.74 Å². The summed E-state index contributed by atoms with van der Waals surface area (Å²) >= 11 is 5.60. The number of esters is 1. The summed E-state index contributed by atoms with van der Waals surface area (Å²) in [6, 6.07) is 5.47. The van der Waals surface area contributed by atoms with Gasteiger partial charge in [0, 0.05) is 11.1 Å². The average Bonchev–Trinajstić information content (AvgIpc) is 2.95. The van der Waals surface area contributed by atoms with Crippen LogP contribution in [0.1, 0.15) is 13.8 Å². The Labute approximate surface area is 93.9 Å². The van der Waals surface area contributed by atoms with Gasteiger partial charge in [-0.3, -0.25) is 4.79 Å². The Hall–Kier alpha value is -1.22. The fourth-order valence-electron chi connectivity index (χ4n) is 0.874. The van der Waals surface area contributed by atoms with Gasteiger partial charge < -0.3 is 9.47 Å². The summed E-state index contributed by atoms with van der Waals surface area (Å²) in [5.74, 6) is 1.72. The Morgan fingerprint density at radius 3 is 2.40 bits per heavy atom. The number of methoxy groups -OCH3 is 1. The zero-order valence-electron chi connectivity index (χ0n) is 8.91. The molecule has 1 aromatic carbocycles. The maximum absolute atomic E-state index is 10.3. The maximum atomic E-state index is 10.3. The molecule has 1 aliphatic heterocycles. The molecular formula is C11H13ClO3. The number of carbonyl (C=O) groups excluding carboxylic acids is 1. The van der Waals surface area contributed by atoms with Crippen LogP contribution in [0.4, 0.5) is 0 Å². The van der Waals surface area contributed by atoms with Gasteiger partial charge in [-0.05, 0) is 12.1 Å². The van der Waals surface area contributed by atoms with Crippen molar-refractivity contribution in [2.24, 2.45) is 5.92 Å². The Morgan fingerprint density at radius 2 is 2.07 bits per heavy atom. The van der Waals surface area contributed by atoms with E-state index in [9.17, 15) is 4.79 Å². The zero-order chi connectivity index (χ0) is 11.4. The van der Waals surface area contributed by atoms with Crippen LogP contribution in [0.3, 0.4) is 0 Å². The zero-order valence-corrected chi connectivity index (χ0v) is 9.67. The number of rotatable bonds is 1. The molecule has 0 unspecified atom stereocenters. The van der Waals surface area contributed by atoms with Gasteiger partial charge in [-0.25, -0.2) is 0 Å². The predicted octanol–water partition coefficient (Wildman–Crippen LogP) is 3.26. The lowest BCUT2D eigenvalue weighted by Gasteiger charge is -1.97. The molecule has 0 radical (unpaired) electrons. The first-order chi connectivity index (χ1) is 7.04. The van der Waals surface area contributed by atoms with Gasteiger partial charge in [-0.1, -0.05) is 25.4 Å². The third kappa shape index (κ3) is 3.80. The number of benzene rings is 1. The summed E-state index contributed by atoms with van der Waals surface area (Å²) in [6.07, 6.45) is 0. The van der Waals surface area contributed by atoms with Crippen LogP contribution in [0.5, 0.6) is 11.5 Å². The van der Waals surface area contributed by atoms with Crippen molar-refractivity contribution < 1.29 is 14.3 Å². The van der Waals surface area contributed by atoms with Crippen molar-refractivity contribution in [1.29, 1.82) is 0 Å².